The monoisotopic (exact) mass is 315 g/mol. The highest BCUT2D eigenvalue weighted by atomic mass is 32.1. The Morgan fingerprint density at radius 2 is 2.10 bits per heavy atom. The lowest BCUT2D eigenvalue weighted by Gasteiger charge is -2.18. The van der Waals surface area contributed by atoms with Crippen LogP contribution in [0.15, 0.2) is 0 Å². The Balaban J connectivity index is 2.79. The Bertz CT molecular complexity index is 496. The van der Waals surface area contributed by atoms with Crippen LogP contribution in [0.1, 0.15) is 49.0 Å². The minimum absolute atomic E-state index is 0.312. The number of hydrogen-bond donors (Lipinski definition) is 2. The second kappa shape index (κ2) is 7.46. The molecule has 118 valence electrons. The molecule has 7 nitrogen and oxygen atoms in total. The second-order valence-corrected chi connectivity index (χ2v) is 6.45. The van der Waals surface area contributed by atoms with Gasteiger partial charge in [0.25, 0.3) is 5.91 Å². The first-order valence-electron chi connectivity index (χ1n) is 6.62. The normalized spacial score (nSPS) is 13.0. The van der Waals surface area contributed by atoms with Crippen molar-refractivity contribution in [1.82, 2.24) is 14.9 Å². The molecule has 1 atom stereocenters. The van der Waals surface area contributed by atoms with E-state index in [2.05, 4.69) is 14.9 Å². The van der Waals surface area contributed by atoms with E-state index in [1.165, 1.54) is 0 Å². The zero-order valence-corrected chi connectivity index (χ0v) is 13.5. The number of rotatable bonds is 7. The molecule has 1 aromatic heterocycles. The summed E-state index contributed by atoms with van der Waals surface area (Å²) < 4.78 is 8.69. The molecule has 0 spiro atoms. The predicted octanol–water partition coefficient (Wildman–Crippen LogP) is 1.45. The number of carboxylic acid groups (broad SMARTS) is 1. The summed E-state index contributed by atoms with van der Waals surface area (Å²) in [4.78, 5) is 23.8. The molecule has 1 amide bonds. The van der Waals surface area contributed by atoms with Crippen molar-refractivity contribution in [1.29, 1.82) is 0 Å². The van der Waals surface area contributed by atoms with Crippen LogP contribution in [0.4, 0.5) is 0 Å². The van der Waals surface area contributed by atoms with Crippen molar-refractivity contribution in [3.63, 3.8) is 0 Å². The van der Waals surface area contributed by atoms with E-state index in [1.807, 2.05) is 20.8 Å². The van der Waals surface area contributed by atoms with Crippen LogP contribution in [0, 0.1) is 0 Å². The maximum atomic E-state index is 12.2. The molecule has 1 heterocycles. The number of nitrogens with zero attached hydrogens (tertiary/aromatic N) is 2. The predicted molar refractivity (Wildman–Crippen MR) is 78.6 cm³/mol. The first-order chi connectivity index (χ1) is 9.77. The fraction of sp³-hybridized carbons (Fsp3) is 0.692. The summed E-state index contributed by atoms with van der Waals surface area (Å²) in [5, 5.41) is 15.7. The van der Waals surface area contributed by atoms with Gasteiger partial charge >= 0.3 is 5.97 Å². The smallest absolute Gasteiger partial charge is 0.326 e. The number of methoxy groups -OCH3 is 1. The van der Waals surface area contributed by atoms with E-state index < -0.39 is 17.9 Å². The third-order valence-electron chi connectivity index (χ3n) is 2.85. The molecule has 21 heavy (non-hydrogen) atoms. The number of carboxylic acids is 1. The van der Waals surface area contributed by atoms with Crippen molar-refractivity contribution in [2.45, 2.75) is 45.1 Å². The zero-order chi connectivity index (χ0) is 16.0. The topological polar surface area (TPSA) is 101 Å². The van der Waals surface area contributed by atoms with E-state index in [9.17, 15) is 9.59 Å². The van der Waals surface area contributed by atoms with Crippen LogP contribution in [-0.2, 0) is 14.9 Å². The highest BCUT2D eigenvalue weighted by molar-refractivity contribution is 7.08. The van der Waals surface area contributed by atoms with Gasteiger partial charge in [-0.3, -0.25) is 4.79 Å². The first kappa shape index (κ1) is 17.5. The molecule has 0 aliphatic rings. The molecule has 1 rings (SSSR count). The number of ether oxygens (including phenoxy) is 1. The van der Waals surface area contributed by atoms with Crippen LogP contribution in [0.25, 0.3) is 0 Å². The van der Waals surface area contributed by atoms with Gasteiger partial charge in [0, 0.05) is 19.1 Å². The molecule has 0 aliphatic heterocycles. The van der Waals surface area contributed by atoms with Gasteiger partial charge in [0.1, 0.15) is 10.9 Å². The Hall–Kier alpha value is -1.54. The van der Waals surface area contributed by atoms with Gasteiger partial charge in [-0.1, -0.05) is 25.3 Å². The van der Waals surface area contributed by atoms with Gasteiger partial charge in [0.2, 0.25) is 0 Å². The largest absolute Gasteiger partial charge is 0.480 e. The third kappa shape index (κ3) is 5.05. The van der Waals surface area contributed by atoms with Crippen LogP contribution in [0.3, 0.4) is 0 Å². The number of carbonyl (C=O) groups is 2. The fourth-order valence-electron chi connectivity index (χ4n) is 1.74. The standard InChI is InChI=1S/C13H21N3O4S/c1-13(2,3)10-9(21-16-15-10)11(17)14-8(12(18)19)6-5-7-20-4/h8H,5-7H2,1-4H3,(H,14,17)(H,18,19). The molecular formula is C13H21N3O4S. The molecule has 0 radical (unpaired) electrons. The number of hydrogen-bond acceptors (Lipinski definition) is 6. The van der Waals surface area contributed by atoms with E-state index in [1.54, 1.807) is 7.11 Å². The van der Waals surface area contributed by atoms with Crippen molar-refractivity contribution in [2.75, 3.05) is 13.7 Å². The Kier molecular flexibility index (Phi) is 6.22. The fourth-order valence-corrected chi connectivity index (χ4v) is 2.52. The number of aromatic nitrogens is 2. The van der Waals surface area contributed by atoms with Gasteiger partial charge in [-0.05, 0) is 24.4 Å². The Labute approximate surface area is 127 Å². The van der Waals surface area contributed by atoms with Gasteiger partial charge in [-0.2, -0.15) is 0 Å². The molecule has 0 aliphatic carbocycles. The minimum atomic E-state index is -1.06. The quantitative estimate of drug-likeness (QED) is 0.738. The highest BCUT2D eigenvalue weighted by Gasteiger charge is 2.28. The summed E-state index contributed by atoms with van der Waals surface area (Å²) in [5.74, 6) is -1.51. The van der Waals surface area contributed by atoms with Crippen LogP contribution in [0.5, 0.6) is 0 Å². The maximum absolute atomic E-state index is 12.2. The van der Waals surface area contributed by atoms with Crippen molar-refractivity contribution < 1.29 is 19.4 Å². The highest BCUT2D eigenvalue weighted by Crippen LogP contribution is 2.25. The van der Waals surface area contributed by atoms with Crippen LogP contribution < -0.4 is 5.32 Å². The molecule has 0 fully saturated rings. The molecule has 1 unspecified atom stereocenters. The molecule has 0 saturated carbocycles. The first-order valence-corrected chi connectivity index (χ1v) is 7.40. The molecular weight excluding hydrogens is 294 g/mol. The van der Waals surface area contributed by atoms with E-state index in [0.717, 1.165) is 11.5 Å². The molecule has 0 aromatic carbocycles. The van der Waals surface area contributed by atoms with Gasteiger partial charge in [-0.15, -0.1) is 5.10 Å². The summed E-state index contributed by atoms with van der Waals surface area (Å²) in [5.41, 5.74) is 0.250. The molecule has 0 saturated heterocycles. The number of aliphatic carboxylic acids is 1. The SMILES string of the molecule is COCCCC(NC(=O)c1snnc1C(C)(C)C)C(=O)O. The Morgan fingerprint density at radius 1 is 1.43 bits per heavy atom. The van der Waals surface area contributed by atoms with Crippen LogP contribution in [0.2, 0.25) is 0 Å². The molecule has 1 aromatic rings. The van der Waals surface area contributed by atoms with E-state index in [4.69, 9.17) is 9.84 Å². The molecule has 0 bridgehead atoms. The zero-order valence-electron chi connectivity index (χ0n) is 12.7. The summed E-state index contributed by atoms with van der Waals surface area (Å²) in [7, 11) is 1.55. The minimum Gasteiger partial charge on any atom is -0.480 e. The van der Waals surface area contributed by atoms with Crippen molar-refractivity contribution >= 4 is 23.4 Å². The van der Waals surface area contributed by atoms with Crippen molar-refractivity contribution in [3.05, 3.63) is 10.6 Å². The van der Waals surface area contributed by atoms with Gasteiger partial charge < -0.3 is 15.2 Å². The lowest BCUT2D eigenvalue weighted by Crippen LogP contribution is -2.41. The molecule has 8 heteroatoms. The lowest BCUT2D eigenvalue weighted by atomic mass is 9.91. The van der Waals surface area contributed by atoms with E-state index >= 15 is 0 Å². The summed E-state index contributed by atoms with van der Waals surface area (Å²) in [6.07, 6.45) is 0.868. The second-order valence-electron chi connectivity index (χ2n) is 5.70. The van der Waals surface area contributed by atoms with E-state index in [-0.39, 0.29) is 5.41 Å². The van der Waals surface area contributed by atoms with Crippen molar-refractivity contribution in [3.8, 4) is 0 Å². The third-order valence-corrected chi connectivity index (χ3v) is 3.57. The van der Waals surface area contributed by atoms with E-state index in [0.29, 0.717) is 30.0 Å². The number of nitrogens with one attached hydrogen (secondary N) is 1. The number of amides is 1. The van der Waals surface area contributed by atoms with Gasteiger partial charge in [0.05, 0.1) is 5.69 Å². The average molecular weight is 315 g/mol. The summed E-state index contributed by atoms with van der Waals surface area (Å²) in [6.45, 7) is 6.23. The van der Waals surface area contributed by atoms with Crippen molar-refractivity contribution in [2.24, 2.45) is 0 Å². The number of carbonyl (C=O) groups excluding carboxylic acids is 1. The summed E-state index contributed by atoms with van der Waals surface area (Å²) >= 11 is 0.976. The Morgan fingerprint density at radius 3 is 2.62 bits per heavy atom. The maximum Gasteiger partial charge on any atom is 0.326 e. The summed E-state index contributed by atoms with van der Waals surface area (Å²) in [6, 6.07) is -0.942. The van der Waals surface area contributed by atoms with Gasteiger partial charge in [-0.25, -0.2) is 4.79 Å². The van der Waals surface area contributed by atoms with Crippen LogP contribution in [-0.4, -0.2) is 46.3 Å². The lowest BCUT2D eigenvalue weighted by molar-refractivity contribution is -0.139. The molecule has 2 N–H and O–H groups in total. The van der Waals surface area contributed by atoms with Gasteiger partial charge in [0.15, 0.2) is 0 Å². The average Bonchev–Trinajstić information content (AvgIpc) is 2.86. The van der Waals surface area contributed by atoms with Crippen LogP contribution >= 0.6 is 11.5 Å².